The predicted octanol–water partition coefficient (Wildman–Crippen LogP) is 4.05. The zero-order valence-electron chi connectivity index (χ0n) is 12.7. The van der Waals surface area contributed by atoms with E-state index < -0.39 is 0 Å². The smallest absolute Gasteiger partial charge is 0.256 e. The minimum Gasteiger partial charge on any atom is -0.326 e. The van der Waals surface area contributed by atoms with E-state index in [1.165, 1.54) is 6.92 Å². The first-order valence-corrected chi connectivity index (χ1v) is 7.30. The van der Waals surface area contributed by atoms with E-state index >= 15 is 0 Å². The molecule has 114 valence electrons. The Labute approximate surface area is 134 Å². The normalized spacial score (nSPS) is 10.3. The Morgan fingerprint density at radius 1 is 0.783 bits per heavy atom. The van der Waals surface area contributed by atoms with E-state index in [-0.39, 0.29) is 11.8 Å². The highest BCUT2D eigenvalue weighted by Gasteiger charge is 2.10. The number of nitrogens with one attached hydrogen (secondary N) is 2. The molecule has 4 heteroatoms. The molecule has 0 saturated heterocycles. The van der Waals surface area contributed by atoms with E-state index in [2.05, 4.69) is 10.6 Å². The second-order valence-electron chi connectivity index (χ2n) is 5.24. The summed E-state index contributed by atoms with van der Waals surface area (Å²) in [6.45, 7) is 1.45. The lowest BCUT2D eigenvalue weighted by Crippen LogP contribution is -2.13. The maximum Gasteiger partial charge on any atom is 0.256 e. The summed E-state index contributed by atoms with van der Waals surface area (Å²) in [5.41, 5.74) is 1.90. The first-order valence-electron chi connectivity index (χ1n) is 7.30. The first kappa shape index (κ1) is 14.8. The number of fused-ring (bicyclic) bond motifs is 1. The zero-order valence-corrected chi connectivity index (χ0v) is 12.7. The van der Waals surface area contributed by atoms with Gasteiger partial charge in [-0.3, -0.25) is 9.59 Å². The third kappa shape index (κ3) is 3.37. The summed E-state index contributed by atoms with van der Waals surface area (Å²) in [5, 5.41) is 7.50. The molecule has 0 aromatic heterocycles. The summed E-state index contributed by atoms with van der Waals surface area (Å²) < 4.78 is 0. The van der Waals surface area contributed by atoms with Gasteiger partial charge in [-0.25, -0.2) is 0 Å². The van der Waals surface area contributed by atoms with E-state index in [1.807, 2.05) is 36.4 Å². The Morgan fingerprint density at radius 2 is 1.43 bits per heavy atom. The molecule has 0 atom stereocenters. The molecule has 0 aliphatic heterocycles. The Morgan fingerprint density at radius 3 is 2.22 bits per heavy atom. The molecule has 0 heterocycles. The van der Waals surface area contributed by atoms with Crippen molar-refractivity contribution in [2.75, 3.05) is 10.6 Å². The molecule has 2 N–H and O–H groups in total. The number of benzene rings is 3. The van der Waals surface area contributed by atoms with Gasteiger partial charge in [-0.2, -0.15) is 0 Å². The molecule has 2 amide bonds. The van der Waals surface area contributed by atoms with Gasteiger partial charge in [0.15, 0.2) is 0 Å². The Balaban J connectivity index is 1.88. The van der Waals surface area contributed by atoms with E-state index in [1.54, 1.807) is 30.3 Å². The summed E-state index contributed by atoms with van der Waals surface area (Å²) in [5.74, 6) is -0.329. The number of carbonyl (C=O) groups is 2. The van der Waals surface area contributed by atoms with Crippen molar-refractivity contribution in [3.63, 3.8) is 0 Å². The van der Waals surface area contributed by atoms with Crippen molar-refractivity contribution in [2.24, 2.45) is 0 Å². The molecule has 0 radical (unpaired) electrons. The van der Waals surface area contributed by atoms with Gasteiger partial charge in [0.1, 0.15) is 0 Å². The second kappa shape index (κ2) is 6.32. The minimum absolute atomic E-state index is 0.150. The molecule has 0 saturated carbocycles. The number of hydrogen-bond donors (Lipinski definition) is 2. The average Bonchev–Trinajstić information content (AvgIpc) is 2.54. The predicted molar refractivity (Wildman–Crippen MR) is 92.6 cm³/mol. The zero-order chi connectivity index (χ0) is 16.2. The van der Waals surface area contributed by atoms with Crippen LogP contribution in [-0.4, -0.2) is 11.8 Å². The van der Waals surface area contributed by atoms with Crippen molar-refractivity contribution in [1.82, 2.24) is 0 Å². The summed E-state index contributed by atoms with van der Waals surface area (Å²) >= 11 is 0. The third-order valence-corrected chi connectivity index (χ3v) is 3.48. The maximum atomic E-state index is 12.6. The Bertz CT molecular complexity index is 882. The van der Waals surface area contributed by atoms with Gasteiger partial charge in [-0.15, -0.1) is 0 Å². The molecule has 3 aromatic rings. The van der Waals surface area contributed by atoms with Crippen LogP contribution in [0, 0.1) is 0 Å². The van der Waals surface area contributed by atoms with Crippen LogP contribution in [0.3, 0.4) is 0 Å². The van der Waals surface area contributed by atoms with Gasteiger partial charge in [-0.05, 0) is 35.0 Å². The van der Waals surface area contributed by atoms with Gasteiger partial charge < -0.3 is 10.6 Å². The standard InChI is InChI=1S/C19H16N2O2/c1-13(22)20-15-8-5-9-16(12-15)21-19(23)18-11-4-7-14-6-2-3-10-17(14)18/h2-12H,1H3,(H,20,22)(H,21,23). The molecule has 3 aromatic carbocycles. The molecule has 0 aliphatic carbocycles. The Kier molecular flexibility index (Phi) is 4.06. The number of rotatable bonds is 3. The molecule has 0 unspecified atom stereocenters. The number of carbonyl (C=O) groups excluding carboxylic acids is 2. The molecule has 3 rings (SSSR count). The van der Waals surface area contributed by atoms with Crippen molar-refractivity contribution in [3.05, 3.63) is 72.3 Å². The van der Waals surface area contributed by atoms with Crippen LogP contribution in [0.25, 0.3) is 10.8 Å². The molecule has 0 fully saturated rings. The highest BCUT2D eigenvalue weighted by Crippen LogP contribution is 2.21. The molecule has 4 nitrogen and oxygen atoms in total. The fraction of sp³-hybridized carbons (Fsp3) is 0.0526. The molecule has 0 spiro atoms. The molecular formula is C19H16N2O2. The molecule has 0 bridgehead atoms. The molecule has 0 aliphatic rings. The monoisotopic (exact) mass is 304 g/mol. The third-order valence-electron chi connectivity index (χ3n) is 3.48. The van der Waals surface area contributed by atoms with Gasteiger partial charge in [0.25, 0.3) is 5.91 Å². The highest BCUT2D eigenvalue weighted by molar-refractivity contribution is 6.13. The fourth-order valence-corrected chi connectivity index (χ4v) is 2.50. The van der Waals surface area contributed by atoms with Crippen molar-refractivity contribution in [1.29, 1.82) is 0 Å². The lowest BCUT2D eigenvalue weighted by Gasteiger charge is -2.09. The van der Waals surface area contributed by atoms with Gasteiger partial charge in [0.2, 0.25) is 5.91 Å². The first-order chi connectivity index (χ1) is 11.1. The highest BCUT2D eigenvalue weighted by atomic mass is 16.2. The van der Waals surface area contributed by atoms with Crippen molar-refractivity contribution < 1.29 is 9.59 Å². The van der Waals surface area contributed by atoms with Crippen LogP contribution >= 0.6 is 0 Å². The summed E-state index contributed by atoms with van der Waals surface area (Å²) in [7, 11) is 0. The van der Waals surface area contributed by atoms with Crippen molar-refractivity contribution >= 4 is 34.0 Å². The van der Waals surface area contributed by atoms with Crippen LogP contribution in [-0.2, 0) is 4.79 Å². The minimum atomic E-state index is -0.179. The lowest BCUT2D eigenvalue weighted by atomic mass is 10.0. The molecular weight excluding hydrogens is 288 g/mol. The summed E-state index contributed by atoms with van der Waals surface area (Å²) in [4.78, 5) is 23.7. The van der Waals surface area contributed by atoms with Crippen LogP contribution in [0.4, 0.5) is 11.4 Å². The van der Waals surface area contributed by atoms with Gasteiger partial charge in [0.05, 0.1) is 0 Å². The van der Waals surface area contributed by atoms with E-state index in [0.717, 1.165) is 10.8 Å². The average molecular weight is 304 g/mol. The van der Waals surface area contributed by atoms with Crippen molar-refractivity contribution in [2.45, 2.75) is 6.92 Å². The van der Waals surface area contributed by atoms with E-state index in [9.17, 15) is 9.59 Å². The molecule has 23 heavy (non-hydrogen) atoms. The topological polar surface area (TPSA) is 58.2 Å². The number of anilines is 2. The van der Waals surface area contributed by atoms with Crippen LogP contribution in [0.5, 0.6) is 0 Å². The van der Waals surface area contributed by atoms with Crippen LogP contribution in [0.1, 0.15) is 17.3 Å². The van der Waals surface area contributed by atoms with E-state index in [4.69, 9.17) is 0 Å². The second-order valence-corrected chi connectivity index (χ2v) is 5.24. The van der Waals surface area contributed by atoms with Crippen molar-refractivity contribution in [3.8, 4) is 0 Å². The number of hydrogen-bond acceptors (Lipinski definition) is 2. The van der Waals surface area contributed by atoms with Gasteiger partial charge >= 0.3 is 0 Å². The van der Waals surface area contributed by atoms with Gasteiger partial charge in [-0.1, -0.05) is 42.5 Å². The summed E-state index contributed by atoms with van der Waals surface area (Å²) in [6, 6.07) is 20.5. The lowest BCUT2D eigenvalue weighted by molar-refractivity contribution is -0.114. The SMILES string of the molecule is CC(=O)Nc1cccc(NC(=O)c2cccc3ccccc23)c1. The fourth-order valence-electron chi connectivity index (χ4n) is 2.50. The Hall–Kier alpha value is -3.14. The largest absolute Gasteiger partial charge is 0.326 e. The maximum absolute atomic E-state index is 12.6. The number of amides is 2. The summed E-state index contributed by atoms with van der Waals surface area (Å²) in [6.07, 6.45) is 0. The van der Waals surface area contributed by atoms with Crippen LogP contribution in [0.15, 0.2) is 66.7 Å². The van der Waals surface area contributed by atoms with Crippen LogP contribution in [0.2, 0.25) is 0 Å². The quantitative estimate of drug-likeness (QED) is 0.767. The van der Waals surface area contributed by atoms with Crippen LogP contribution < -0.4 is 10.6 Å². The van der Waals surface area contributed by atoms with E-state index in [0.29, 0.717) is 16.9 Å². The van der Waals surface area contributed by atoms with Gasteiger partial charge in [0, 0.05) is 23.9 Å².